The molecule has 1 aliphatic rings. The first kappa shape index (κ1) is 14.0. The molecule has 0 bridgehead atoms. The van der Waals surface area contributed by atoms with Crippen LogP contribution in [0.15, 0.2) is 18.2 Å². The molecule has 1 saturated heterocycles. The Morgan fingerprint density at radius 3 is 2.80 bits per heavy atom. The van der Waals surface area contributed by atoms with Crippen molar-refractivity contribution in [2.75, 3.05) is 11.4 Å². The molecule has 1 fully saturated rings. The van der Waals surface area contributed by atoms with Crippen LogP contribution in [0.1, 0.15) is 29.6 Å². The van der Waals surface area contributed by atoms with Crippen molar-refractivity contribution in [1.29, 1.82) is 0 Å². The number of piperidine rings is 1. The van der Waals surface area contributed by atoms with E-state index in [1.165, 1.54) is 12.1 Å². The number of benzene rings is 1. The minimum Gasteiger partial charge on any atom is -0.368 e. The van der Waals surface area contributed by atoms with Gasteiger partial charge in [0, 0.05) is 18.3 Å². The van der Waals surface area contributed by atoms with Gasteiger partial charge in [-0.25, -0.2) is 0 Å². The highest BCUT2D eigenvalue weighted by Crippen LogP contribution is 2.28. The number of carbonyl (C=O) groups excluding carboxylic acids is 2. The average molecular weight is 277 g/mol. The van der Waals surface area contributed by atoms with Crippen LogP contribution in [0.25, 0.3) is 0 Å². The van der Waals surface area contributed by atoms with Crippen molar-refractivity contribution in [1.82, 2.24) is 0 Å². The van der Waals surface area contributed by atoms with Crippen LogP contribution in [0.3, 0.4) is 0 Å². The molecule has 0 saturated carbocycles. The third-order valence-corrected chi connectivity index (χ3v) is 3.50. The number of hydrogen-bond donors (Lipinski definition) is 1. The number of carbonyl (C=O) groups is 2. The second-order valence-electron chi connectivity index (χ2n) is 4.73. The lowest BCUT2D eigenvalue weighted by atomic mass is 10.00. The van der Waals surface area contributed by atoms with Gasteiger partial charge in [-0.2, -0.15) is 0 Å². The van der Waals surface area contributed by atoms with E-state index in [9.17, 15) is 19.7 Å². The molecular formula is C13H15N3O4. The van der Waals surface area contributed by atoms with Gasteiger partial charge >= 0.3 is 0 Å². The third kappa shape index (κ3) is 2.61. The van der Waals surface area contributed by atoms with Crippen molar-refractivity contribution in [2.24, 2.45) is 5.73 Å². The van der Waals surface area contributed by atoms with E-state index in [0.29, 0.717) is 24.9 Å². The van der Waals surface area contributed by atoms with Crippen molar-refractivity contribution < 1.29 is 14.5 Å². The van der Waals surface area contributed by atoms with Crippen LogP contribution in [-0.4, -0.2) is 29.7 Å². The highest BCUT2D eigenvalue weighted by Gasteiger charge is 2.28. The van der Waals surface area contributed by atoms with Gasteiger partial charge in [0.15, 0.2) is 6.29 Å². The summed E-state index contributed by atoms with van der Waals surface area (Å²) in [5, 5.41) is 10.8. The van der Waals surface area contributed by atoms with E-state index in [4.69, 9.17) is 5.73 Å². The summed E-state index contributed by atoms with van der Waals surface area (Å²) in [6, 6.07) is 3.84. The Labute approximate surface area is 115 Å². The molecule has 2 N–H and O–H groups in total. The fraction of sp³-hybridized carbons (Fsp3) is 0.385. The van der Waals surface area contributed by atoms with Crippen molar-refractivity contribution in [2.45, 2.75) is 25.3 Å². The number of hydrogen-bond acceptors (Lipinski definition) is 5. The highest BCUT2D eigenvalue weighted by molar-refractivity contribution is 5.86. The van der Waals surface area contributed by atoms with Crippen molar-refractivity contribution in [3.8, 4) is 0 Å². The van der Waals surface area contributed by atoms with E-state index in [1.807, 2.05) is 4.90 Å². The maximum Gasteiger partial charge on any atom is 0.280 e. The fourth-order valence-corrected chi connectivity index (χ4v) is 2.52. The minimum absolute atomic E-state index is 0.00120. The summed E-state index contributed by atoms with van der Waals surface area (Å²) < 4.78 is 0. The van der Waals surface area contributed by atoms with E-state index < -0.39 is 16.9 Å². The summed E-state index contributed by atoms with van der Waals surface area (Å²) >= 11 is 0. The van der Waals surface area contributed by atoms with Crippen LogP contribution in [0.5, 0.6) is 0 Å². The van der Waals surface area contributed by atoms with Crippen LogP contribution in [0.2, 0.25) is 0 Å². The van der Waals surface area contributed by atoms with E-state index in [-0.39, 0.29) is 11.3 Å². The van der Waals surface area contributed by atoms with Crippen molar-refractivity contribution >= 4 is 23.6 Å². The van der Waals surface area contributed by atoms with Gasteiger partial charge in [0.1, 0.15) is 6.04 Å². The molecule has 0 aliphatic carbocycles. The first-order valence-electron chi connectivity index (χ1n) is 6.34. The lowest BCUT2D eigenvalue weighted by molar-refractivity contribution is -0.385. The summed E-state index contributed by atoms with van der Waals surface area (Å²) in [6.07, 6.45) is 2.93. The molecule has 106 valence electrons. The monoisotopic (exact) mass is 277 g/mol. The standard InChI is InChI=1S/C13H15N3O4/c14-13(18)12-3-1-2-6-15(12)10-4-5-11(16(19)20)9(7-10)8-17/h4-5,7-8,12H,1-3,6H2,(H2,14,18). The molecule has 1 atom stereocenters. The van der Waals surface area contributed by atoms with Crippen LogP contribution in [0, 0.1) is 10.1 Å². The van der Waals surface area contributed by atoms with Gasteiger partial charge in [-0.3, -0.25) is 19.7 Å². The van der Waals surface area contributed by atoms with E-state index in [1.54, 1.807) is 6.07 Å². The second-order valence-corrected chi connectivity index (χ2v) is 4.73. The summed E-state index contributed by atoms with van der Waals surface area (Å²) in [5.74, 6) is -0.421. The number of nitro benzene ring substituents is 1. The number of anilines is 1. The zero-order valence-electron chi connectivity index (χ0n) is 10.8. The Bertz CT molecular complexity index is 559. The predicted molar refractivity (Wildman–Crippen MR) is 72.7 cm³/mol. The van der Waals surface area contributed by atoms with Gasteiger partial charge in [-0.15, -0.1) is 0 Å². The van der Waals surface area contributed by atoms with Gasteiger partial charge in [0.05, 0.1) is 10.5 Å². The van der Waals surface area contributed by atoms with E-state index in [2.05, 4.69) is 0 Å². The topological polar surface area (TPSA) is 107 Å². The summed E-state index contributed by atoms with van der Waals surface area (Å²) in [7, 11) is 0. The molecule has 1 aliphatic heterocycles. The van der Waals surface area contributed by atoms with Gasteiger partial charge in [0.2, 0.25) is 5.91 Å². The maximum absolute atomic E-state index is 11.5. The Kier molecular flexibility index (Phi) is 3.97. The molecule has 0 aromatic heterocycles. The molecule has 2 rings (SSSR count). The first-order chi connectivity index (χ1) is 9.54. The third-order valence-electron chi connectivity index (χ3n) is 3.50. The molecule has 7 heteroatoms. The molecule has 0 spiro atoms. The first-order valence-corrected chi connectivity index (χ1v) is 6.34. The molecule has 1 aromatic carbocycles. The smallest absolute Gasteiger partial charge is 0.280 e. The summed E-state index contributed by atoms with van der Waals surface area (Å²) in [6.45, 7) is 0.643. The molecule has 1 unspecified atom stereocenters. The number of aldehydes is 1. The highest BCUT2D eigenvalue weighted by atomic mass is 16.6. The molecular weight excluding hydrogens is 262 g/mol. The lowest BCUT2D eigenvalue weighted by Crippen LogP contribution is -2.47. The fourth-order valence-electron chi connectivity index (χ4n) is 2.52. The number of nitrogens with zero attached hydrogens (tertiary/aromatic N) is 2. The number of nitrogens with two attached hydrogens (primary N) is 1. The SMILES string of the molecule is NC(=O)C1CCCCN1c1ccc([N+](=O)[O-])c(C=O)c1. The minimum atomic E-state index is -0.602. The molecule has 1 amide bonds. The van der Waals surface area contributed by atoms with Gasteiger partial charge in [0.25, 0.3) is 5.69 Å². The second kappa shape index (κ2) is 5.68. The van der Waals surface area contributed by atoms with Gasteiger partial charge in [-0.1, -0.05) is 0 Å². The molecule has 0 radical (unpaired) electrons. The number of amides is 1. The Balaban J connectivity index is 2.38. The average Bonchev–Trinajstić information content (AvgIpc) is 2.46. The molecule has 1 aromatic rings. The molecule has 1 heterocycles. The zero-order valence-corrected chi connectivity index (χ0v) is 10.8. The van der Waals surface area contributed by atoms with E-state index >= 15 is 0 Å². The Hall–Kier alpha value is -2.44. The van der Waals surface area contributed by atoms with Crippen molar-refractivity contribution in [3.63, 3.8) is 0 Å². The van der Waals surface area contributed by atoms with Gasteiger partial charge < -0.3 is 10.6 Å². The lowest BCUT2D eigenvalue weighted by Gasteiger charge is -2.35. The van der Waals surface area contributed by atoms with Crippen LogP contribution < -0.4 is 10.6 Å². The maximum atomic E-state index is 11.5. The number of primary amides is 1. The normalized spacial score (nSPS) is 18.6. The zero-order chi connectivity index (χ0) is 14.7. The van der Waals surface area contributed by atoms with Crippen LogP contribution >= 0.6 is 0 Å². The quantitative estimate of drug-likeness (QED) is 0.506. The number of nitro groups is 1. The summed E-state index contributed by atoms with van der Waals surface area (Å²) in [5.41, 5.74) is 5.76. The van der Waals surface area contributed by atoms with Crippen LogP contribution in [0.4, 0.5) is 11.4 Å². The summed E-state index contributed by atoms with van der Waals surface area (Å²) in [4.78, 5) is 34.4. The molecule has 7 nitrogen and oxygen atoms in total. The van der Waals surface area contributed by atoms with Crippen LogP contribution in [-0.2, 0) is 4.79 Å². The predicted octanol–water partition coefficient (Wildman–Crippen LogP) is 1.25. The van der Waals surface area contributed by atoms with Crippen molar-refractivity contribution in [3.05, 3.63) is 33.9 Å². The Morgan fingerprint density at radius 2 is 2.20 bits per heavy atom. The van der Waals surface area contributed by atoms with E-state index in [0.717, 1.165) is 12.8 Å². The molecule has 20 heavy (non-hydrogen) atoms. The van der Waals surface area contributed by atoms with Gasteiger partial charge in [-0.05, 0) is 31.4 Å². The number of rotatable bonds is 4. The largest absolute Gasteiger partial charge is 0.368 e. The Morgan fingerprint density at radius 1 is 1.45 bits per heavy atom.